The zero-order valence-corrected chi connectivity index (χ0v) is 12.3. The number of hydrogen-bond acceptors (Lipinski definition) is 2. The standard InChI is InChI=1S/C15H32N2/c1-5-10-16-14-9-8-13(4)12-15(14)17(7-3)11-6-2/h13-16H,5-12H2,1-4H3. The molecule has 1 aliphatic rings. The predicted molar refractivity (Wildman–Crippen MR) is 76.4 cm³/mol. The Morgan fingerprint density at radius 3 is 2.47 bits per heavy atom. The first-order chi connectivity index (χ1) is 8.22. The van der Waals surface area contributed by atoms with Gasteiger partial charge in [-0.2, -0.15) is 0 Å². The van der Waals surface area contributed by atoms with Crippen molar-refractivity contribution in [3.63, 3.8) is 0 Å². The van der Waals surface area contributed by atoms with Gasteiger partial charge in [0.2, 0.25) is 0 Å². The van der Waals surface area contributed by atoms with Crippen LogP contribution in [-0.2, 0) is 0 Å². The fourth-order valence-corrected chi connectivity index (χ4v) is 3.17. The Kier molecular flexibility index (Phi) is 7.14. The van der Waals surface area contributed by atoms with E-state index in [4.69, 9.17) is 0 Å². The fourth-order valence-electron chi connectivity index (χ4n) is 3.17. The van der Waals surface area contributed by atoms with Gasteiger partial charge in [0.15, 0.2) is 0 Å². The van der Waals surface area contributed by atoms with Crippen LogP contribution < -0.4 is 5.32 Å². The largest absolute Gasteiger partial charge is 0.312 e. The Morgan fingerprint density at radius 2 is 1.88 bits per heavy atom. The zero-order valence-electron chi connectivity index (χ0n) is 12.3. The minimum atomic E-state index is 0.734. The first-order valence-corrected chi connectivity index (χ1v) is 7.70. The van der Waals surface area contributed by atoms with Crippen molar-refractivity contribution in [2.75, 3.05) is 19.6 Å². The number of rotatable bonds is 7. The van der Waals surface area contributed by atoms with E-state index in [9.17, 15) is 0 Å². The minimum absolute atomic E-state index is 0.734. The molecule has 0 heterocycles. The molecule has 0 bridgehead atoms. The average Bonchev–Trinajstić information content (AvgIpc) is 2.34. The van der Waals surface area contributed by atoms with Crippen molar-refractivity contribution in [3.8, 4) is 0 Å². The maximum absolute atomic E-state index is 3.77. The molecule has 0 aliphatic heterocycles. The summed E-state index contributed by atoms with van der Waals surface area (Å²) in [6, 6.07) is 1.51. The van der Waals surface area contributed by atoms with Gasteiger partial charge in [-0.05, 0) is 57.7 Å². The van der Waals surface area contributed by atoms with Gasteiger partial charge in [0, 0.05) is 12.1 Å². The summed E-state index contributed by atoms with van der Waals surface area (Å²) in [7, 11) is 0. The Bertz CT molecular complexity index is 191. The molecular formula is C15H32N2. The van der Waals surface area contributed by atoms with Gasteiger partial charge in [-0.15, -0.1) is 0 Å². The van der Waals surface area contributed by atoms with Gasteiger partial charge in [0.05, 0.1) is 0 Å². The highest BCUT2D eigenvalue weighted by Gasteiger charge is 2.31. The van der Waals surface area contributed by atoms with Crippen LogP contribution in [0.2, 0.25) is 0 Å². The maximum Gasteiger partial charge on any atom is 0.0251 e. The molecule has 0 aromatic rings. The summed E-state index contributed by atoms with van der Waals surface area (Å²) in [5.41, 5.74) is 0. The van der Waals surface area contributed by atoms with Crippen LogP contribution in [0.3, 0.4) is 0 Å². The number of nitrogens with one attached hydrogen (secondary N) is 1. The highest BCUT2D eigenvalue weighted by molar-refractivity contribution is 4.89. The highest BCUT2D eigenvalue weighted by atomic mass is 15.2. The molecule has 0 spiro atoms. The monoisotopic (exact) mass is 240 g/mol. The summed E-state index contributed by atoms with van der Waals surface area (Å²) in [4.78, 5) is 2.70. The van der Waals surface area contributed by atoms with Crippen LogP contribution in [-0.4, -0.2) is 36.6 Å². The zero-order chi connectivity index (χ0) is 12.7. The molecule has 0 radical (unpaired) electrons. The molecule has 0 aromatic heterocycles. The van der Waals surface area contributed by atoms with Crippen LogP contribution in [0.25, 0.3) is 0 Å². The summed E-state index contributed by atoms with van der Waals surface area (Å²) >= 11 is 0. The van der Waals surface area contributed by atoms with Crippen LogP contribution in [0, 0.1) is 5.92 Å². The van der Waals surface area contributed by atoms with E-state index in [0.717, 1.165) is 18.0 Å². The summed E-state index contributed by atoms with van der Waals surface area (Å²) in [6.45, 7) is 12.9. The molecular weight excluding hydrogens is 208 g/mol. The third kappa shape index (κ3) is 4.59. The van der Waals surface area contributed by atoms with Crippen LogP contribution in [0.5, 0.6) is 0 Å². The molecule has 0 aromatic carbocycles. The van der Waals surface area contributed by atoms with Gasteiger partial charge in [0.25, 0.3) is 0 Å². The van der Waals surface area contributed by atoms with Gasteiger partial charge in [0.1, 0.15) is 0 Å². The fraction of sp³-hybridized carbons (Fsp3) is 1.00. The quantitative estimate of drug-likeness (QED) is 0.735. The highest BCUT2D eigenvalue weighted by Crippen LogP contribution is 2.28. The molecule has 1 saturated carbocycles. The normalized spacial score (nSPS) is 29.8. The van der Waals surface area contributed by atoms with Gasteiger partial charge < -0.3 is 5.32 Å². The SMILES string of the molecule is CCCNC1CCC(C)CC1N(CC)CCC. The van der Waals surface area contributed by atoms with Crippen molar-refractivity contribution in [2.24, 2.45) is 5.92 Å². The lowest BCUT2D eigenvalue weighted by Crippen LogP contribution is -2.53. The maximum atomic E-state index is 3.77. The molecule has 17 heavy (non-hydrogen) atoms. The Morgan fingerprint density at radius 1 is 1.12 bits per heavy atom. The van der Waals surface area contributed by atoms with E-state index in [2.05, 4.69) is 37.9 Å². The van der Waals surface area contributed by atoms with E-state index in [0.29, 0.717) is 0 Å². The molecule has 1 aliphatic carbocycles. The van der Waals surface area contributed by atoms with E-state index in [-0.39, 0.29) is 0 Å². The molecule has 2 nitrogen and oxygen atoms in total. The van der Waals surface area contributed by atoms with E-state index in [1.54, 1.807) is 0 Å². The Labute approximate surface area is 108 Å². The number of likely N-dealkylation sites (N-methyl/N-ethyl adjacent to an activating group) is 1. The van der Waals surface area contributed by atoms with Crippen molar-refractivity contribution in [1.82, 2.24) is 10.2 Å². The van der Waals surface area contributed by atoms with Crippen molar-refractivity contribution in [1.29, 1.82) is 0 Å². The summed E-state index contributed by atoms with van der Waals surface area (Å²) in [5.74, 6) is 0.908. The van der Waals surface area contributed by atoms with E-state index in [1.807, 2.05) is 0 Å². The Balaban J connectivity index is 2.58. The molecule has 102 valence electrons. The van der Waals surface area contributed by atoms with Crippen LogP contribution >= 0.6 is 0 Å². The number of hydrogen-bond donors (Lipinski definition) is 1. The molecule has 1 rings (SSSR count). The third-order valence-electron chi connectivity index (χ3n) is 4.12. The molecule has 1 N–H and O–H groups in total. The summed E-state index contributed by atoms with van der Waals surface area (Å²) < 4.78 is 0. The van der Waals surface area contributed by atoms with Gasteiger partial charge in [-0.1, -0.05) is 27.7 Å². The van der Waals surface area contributed by atoms with Crippen LogP contribution in [0.15, 0.2) is 0 Å². The van der Waals surface area contributed by atoms with Crippen molar-refractivity contribution in [3.05, 3.63) is 0 Å². The molecule has 0 saturated heterocycles. The minimum Gasteiger partial charge on any atom is -0.312 e. The summed E-state index contributed by atoms with van der Waals surface area (Å²) in [5, 5.41) is 3.77. The second kappa shape index (κ2) is 8.10. The second-order valence-electron chi connectivity index (χ2n) is 5.67. The van der Waals surface area contributed by atoms with E-state index in [1.165, 1.54) is 51.7 Å². The smallest absolute Gasteiger partial charge is 0.0251 e. The Hall–Kier alpha value is -0.0800. The third-order valence-corrected chi connectivity index (χ3v) is 4.12. The van der Waals surface area contributed by atoms with Gasteiger partial charge in [-0.25, -0.2) is 0 Å². The molecule has 3 atom stereocenters. The predicted octanol–water partition coefficient (Wildman–Crippen LogP) is 3.28. The van der Waals surface area contributed by atoms with Crippen molar-refractivity contribution < 1.29 is 0 Å². The molecule has 1 fully saturated rings. The first kappa shape index (κ1) is 15.0. The second-order valence-corrected chi connectivity index (χ2v) is 5.67. The topological polar surface area (TPSA) is 15.3 Å². The lowest BCUT2D eigenvalue weighted by atomic mass is 9.82. The van der Waals surface area contributed by atoms with Crippen LogP contribution in [0.4, 0.5) is 0 Å². The number of nitrogens with zero attached hydrogens (tertiary/aromatic N) is 1. The van der Waals surface area contributed by atoms with Gasteiger partial charge >= 0.3 is 0 Å². The van der Waals surface area contributed by atoms with Crippen molar-refractivity contribution in [2.45, 2.75) is 71.9 Å². The summed E-state index contributed by atoms with van der Waals surface area (Å²) in [6.07, 6.45) is 6.68. The van der Waals surface area contributed by atoms with Gasteiger partial charge in [-0.3, -0.25) is 4.90 Å². The van der Waals surface area contributed by atoms with Crippen LogP contribution in [0.1, 0.15) is 59.8 Å². The average molecular weight is 240 g/mol. The molecule has 3 unspecified atom stereocenters. The lowest BCUT2D eigenvalue weighted by Gasteiger charge is -2.42. The molecule has 2 heteroatoms. The lowest BCUT2D eigenvalue weighted by molar-refractivity contribution is 0.106. The first-order valence-electron chi connectivity index (χ1n) is 7.70. The van der Waals surface area contributed by atoms with E-state index < -0.39 is 0 Å². The van der Waals surface area contributed by atoms with Crippen molar-refractivity contribution >= 4 is 0 Å². The molecule has 0 amide bonds. The van der Waals surface area contributed by atoms with E-state index >= 15 is 0 Å².